The van der Waals surface area contributed by atoms with E-state index in [-0.39, 0.29) is 11.6 Å². The van der Waals surface area contributed by atoms with Crippen LogP contribution in [0.3, 0.4) is 0 Å². The van der Waals surface area contributed by atoms with Crippen molar-refractivity contribution in [2.24, 2.45) is 0 Å². The lowest BCUT2D eigenvalue weighted by Gasteiger charge is -2.20. The molecular weight excluding hydrogens is 344 g/mol. The molecule has 4 aromatic rings. The van der Waals surface area contributed by atoms with Crippen molar-refractivity contribution in [3.05, 3.63) is 89.0 Å². The molecule has 3 aromatic carbocycles. The average Bonchev–Trinajstić information content (AvgIpc) is 3.08. The molecular formula is C21H12N2O2S. The van der Waals surface area contributed by atoms with Gasteiger partial charge in [-0.25, -0.2) is 4.98 Å². The van der Waals surface area contributed by atoms with Crippen molar-refractivity contribution in [1.29, 1.82) is 0 Å². The van der Waals surface area contributed by atoms with Crippen LogP contribution in [0.1, 0.15) is 31.8 Å². The van der Waals surface area contributed by atoms with Gasteiger partial charge in [-0.3, -0.25) is 9.59 Å². The highest BCUT2D eigenvalue weighted by atomic mass is 32.1. The topological polar surface area (TPSA) is 59.1 Å². The minimum atomic E-state index is -0.139. The molecule has 5 heteroatoms. The summed E-state index contributed by atoms with van der Waals surface area (Å²) in [5.41, 5.74) is 3.26. The molecule has 4 nitrogen and oxygen atoms in total. The first-order valence-corrected chi connectivity index (χ1v) is 8.98. The third-order valence-electron chi connectivity index (χ3n) is 4.49. The van der Waals surface area contributed by atoms with Crippen LogP contribution >= 0.6 is 11.3 Å². The number of aromatic nitrogens is 1. The highest BCUT2D eigenvalue weighted by Crippen LogP contribution is 2.35. The Kier molecular flexibility index (Phi) is 3.23. The van der Waals surface area contributed by atoms with Crippen molar-refractivity contribution >= 4 is 43.9 Å². The molecule has 0 saturated carbocycles. The van der Waals surface area contributed by atoms with E-state index in [2.05, 4.69) is 10.3 Å². The number of nitrogens with one attached hydrogen (secondary N) is 1. The van der Waals surface area contributed by atoms with Crippen molar-refractivity contribution in [3.63, 3.8) is 0 Å². The average molecular weight is 356 g/mol. The Balaban J connectivity index is 1.64. The number of fused-ring (bicyclic) bond motifs is 3. The molecule has 0 spiro atoms. The summed E-state index contributed by atoms with van der Waals surface area (Å²) < 4.78 is 1.06. The number of hydrogen-bond donors (Lipinski definition) is 1. The number of nitrogens with zero attached hydrogens (tertiary/aromatic N) is 1. The summed E-state index contributed by atoms with van der Waals surface area (Å²) in [5, 5.41) is 3.93. The molecule has 1 aromatic heterocycles. The fourth-order valence-corrected chi connectivity index (χ4v) is 4.17. The van der Waals surface area contributed by atoms with Gasteiger partial charge in [0.15, 0.2) is 16.7 Å². The van der Waals surface area contributed by atoms with Gasteiger partial charge >= 0.3 is 0 Å². The molecule has 0 aliphatic heterocycles. The van der Waals surface area contributed by atoms with Gasteiger partial charge in [0.2, 0.25) is 0 Å². The van der Waals surface area contributed by atoms with E-state index in [1.165, 1.54) is 11.3 Å². The van der Waals surface area contributed by atoms with Crippen LogP contribution in [-0.4, -0.2) is 16.6 Å². The summed E-state index contributed by atoms with van der Waals surface area (Å²) in [6.07, 6.45) is 0. The minimum Gasteiger partial charge on any atom is -0.331 e. The van der Waals surface area contributed by atoms with Crippen LogP contribution in [0.15, 0.2) is 66.7 Å². The molecule has 1 heterocycles. The molecule has 1 aliphatic rings. The highest BCUT2D eigenvalue weighted by Gasteiger charge is 2.31. The van der Waals surface area contributed by atoms with Crippen LogP contribution < -0.4 is 5.32 Å². The lowest BCUT2D eigenvalue weighted by atomic mass is 9.83. The first-order chi connectivity index (χ1) is 12.7. The molecule has 0 amide bonds. The van der Waals surface area contributed by atoms with Gasteiger partial charge in [0, 0.05) is 16.7 Å². The molecule has 1 N–H and O–H groups in total. The second-order valence-corrected chi connectivity index (χ2v) is 7.07. The second kappa shape index (κ2) is 5.61. The Morgan fingerprint density at radius 3 is 2.23 bits per heavy atom. The van der Waals surface area contributed by atoms with Crippen LogP contribution in [0.2, 0.25) is 0 Å². The van der Waals surface area contributed by atoms with Gasteiger partial charge in [0.25, 0.3) is 0 Å². The zero-order valence-corrected chi connectivity index (χ0v) is 14.3. The van der Waals surface area contributed by atoms with Gasteiger partial charge in [-0.1, -0.05) is 59.9 Å². The molecule has 0 unspecified atom stereocenters. The number of carbonyl (C=O) groups excluding carboxylic acids is 2. The Hall–Kier alpha value is -3.31. The summed E-state index contributed by atoms with van der Waals surface area (Å²) in [6, 6.07) is 20.1. The van der Waals surface area contributed by atoms with E-state index in [1.54, 1.807) is 36.4 Å². The Morgan fingerprint density at radius 2 is 1.42 bits per heavy atom. The lowest BCUT2D eigenvalue weighted by molar-refractivity contribution is 0.0979. The predicted molar refractivity (Wildman–Crippen MR) is 103 cm³/mol. The van der Waals surface area contributed by atoms with E-state index in [4.69, 9.17) is 0 Å². The second-order valence-electron chi connectivity index (χ2n) is 6.04. The number of carbonyl (C=O) groups is 2. The third-order valence-corrected chi connectivity index (χ3v) is 5.44. The van der Waals surface area contributed by atoms with E-state index >= 15 is 0 Å². The van der Waals surface area contributed by atoms with E-state index in [0.717, 1.165) is 10.2 Å². The SMILES string of the molecule is O=C1c2ccccc2C(=O)c2c(Nc3nc4ccccc4s3)cccc21. The van der Waals surface area contributed by atoms with Gasteiger partial charge in [-0.15, -0.1) is 0 Å². The molecule has 5 rings (SSSR count). The smallest absolute Gasteiger partial charge is 0.196 e. The summed E-state index contributed by atoms with van der Waals surface area (Å²) in [6.45, 7) is 0. The lowest BCUT2D eigenvalue weighted by Crippen LogP contribution is -2.21. The van der Waals surface area contributed by atoms with Crippen LogP contribution in [0, 0.1) is 0 Å². The summed E-state index contributed by atoms with van der Waals surface area (Å²) in [5.74, 6) is -0.262. The standard InChI is InChI=1S/C21H12N2O2S/c24-19-12-6-1-2-7-13(12)20(25)18-14(19)8-5-10-16(18)23-21-22-15-9-3-4-11-17(15)26-21/h1-11H,(H,22,23). The first kappa shape index (κ1) is 15.0. The maximum absolute atomic E-state index is 13.0. The van der Waals surface area contributed by atoms with E-state index < -0.39 is 0 Å². The number of hydrogen-bond acceptors (Lipinski definition) is 5. The van der Waals surface area contributed by atoms with Gasteiger partial charge in [0.1, 0.15) is 0 Å². The van der Waals surface area contributed by atoms with Gasteiger partial charge in [0.05, 0.1) is 21.5 Å². The number of benzene rings is 3. The number of thiazole rings is 1. The zero-order valence-electron chi connectivity index (χ0n) is 13.5. The quantitative estimate of drug-likeness (QED) is 0.493. The molecule has 0 fully saturated rings. The summed E-state index contributed by atoms with van der Waals surface area (Å²) >= 11 is 1.51. The van der Waals surface area contributed by atoms with Crippen molar-refractivity contribution in [1.82, 2.24) is 4.98 Å². The number of ketones is 2. The van der Waals surface area contributed by atoms with Crippen molar-refractivity contribution in [2.75, 3.05) is 5.32 Å². The molecule has 124 valence electrons. The number of rotatable bonds is 2. The zero-order chi connectivity index (χ0) is 17.7. The normalized spacial score (nSPS) is 12.8. The molecule has 0 saturated heterocycles. The van der Waals surface area contributed by atoms with Gasteiger partial charge < -0.3 is 5.32 Å². The maximum atomic E-state index is 13.0. The minimum absolute atomic E-state index is 0.122. The fraction of sp³-hybridized carbons (Fsp3) is 0. The molecule has 0 radical (unpaired) electrons. The predicted octanol–water partition coefficient (Wildman–Crippen LogP) is 4.82. The number of anilines is 2. The molecule has 1 aliphatic carbocycles. The van der Waals surface area contributed by atoms with Crippen LogP contribution in [0.4, 0.5) is 10.8 Å². The third kappa shape index (κ3) is 2.18. The molecule has 0 bridgehead atoms. The van der Waals surface area contributed by atoms with E-state index in [0.29, 0.717) is 33.1 Å². The summed E-state index contributed by atoms with van der Waals surface area (Å²) in [7, 11) is 0. The molecule has 0 atom stereocenters. The summed E-state index contributed by atoms with van der Waals surface area (Å²) in [4.78, 5) is 30.4. The van der Waals surface area contributed by atoms with Crippen LogP contribution in [-0.2, 0) is 0 Å². The fourth-order valence-electron chi connectivity index (χ4n) is 3.29. The Bertz CT molecular complexity index is 1180. The first-order valence-electron chi connectivity index (χ1n) is 8.16. The van der Waals surface area contributed by atoms with Gasteiger partial charge in [-0.05, 0) is 18.2 Å². The largest absolute Gasteiger partial charge is 0.331 e. The number of para-hydroxylation sites is 1. The Labute approximate surface area is 153 Å². The van der Waals surface area contributed by atoms with Crippen molar-refractivity contribution in [2.45, 2.75) is 0 Å². The van der Waals surface area contributed by atoms with Crippen LogP contribution in [0.5, 0.6) is 0 Å². The van der Waals surface area contributed by atoms with Crippen LogP contribution in [0.25, 0.3) is 10.2 Å². The maximum Gasteiger partial charge on any atom is 0.196 e. The Morgan fingerprint density at radius 1 is 0.731 bits per heavy atom. The van der Waals surface area contributed by atoms with E-state index in [1.807, 2.05) is 30.3 Å². The highest BCUT2D eigenvalue weighted by molar-refractivity contribution is 7.22. The van der Waals surface area contributed by atoms with Gasteiger partial charge in [-0.2, -0.15) is 0 Å². The van der Waals surface area contributed by atoms with Crippen molar-refractivity contribution < 1.29 is 9.59 Å². The van der Waals surface area contributed by atoms with E-state index in [9.17, 15) is 9.59 Å². The monoisotopic (exact) mass is 356 g/mol. The van der Waals surface area contributed by atoms with Crippen molar-refractivity contribution in [3.8, 4) is 0 Å². The molecule has 26 heavy (non-hydrogen) atoms.